The van der Waals surface area contributed by atoms with Gasteiger partial charge in [-0.25, -0.2) is 0 Å². The lowest BCUT2D eigenvalue weighted by Crippen LogP contribution is -2.17. The zero-order valence-electron chi connectivity index (χ0n) is 8.14. The second kappa shape index (κ2) is 4.64. The van der Waals surface area contributed by atoms with Gasteiger partial charge in [0.2, 0.25) is 0 Å². The van der Waals surface area contributed by atoms with Crippen LogP contribution < -0.4 is 11.5 Å². The van der Waals surface area contributed by atoms with Gasteiger partial charge in [-0.3, -0.25) is 0 Å². The highest BCUT2D eigenvalue weighted by molar-refractivity contribution is 5.63. The van der Waals surface area contributed by atoms with Crippen molar-refractivity contribution in [2.24, 2.45) is 0 Å². The summed E-state index contributed by atoms with van der Waals surface area (Å²) in [6.45, 7) is -0.366. The summed E-state index contributed by atoms with van der Waals surface area (Å²) in [5.41, 5.74) is 12.8. The van der Waals surface area contributed by atoms with Gasteiger partial charge in [0.15, 0.2) is 0 Å². The van der Waals surface area contributed by atoms with Crippen molar-refractivity contribution in [1.82, 2.24) is 0 Å². The minimum Gasteiger partial charge on any atom is -0.399 e. The lowest BCUT2D eigenvalue weighted by Gasteiger charge is -2.12. The monoisotopic (exact) mass is 207 g/mol. The molecular weight excluding hydrogens is 194 g/mol. The smallest absolute Gasteiger partial charge is 0.0996 e. The largest absolute Gasteiger partial charge is 0.399 e. The molecule has 0 aliphatic rings. The molecule has 1 rings (SSSR count). The van der Waals surface area contributed by atoms with Crippen molar-refractivity contribution < 1.29 is 10.2 Å². The van der Waals surface area contributed by atoms with Crippen LogP contribution in [-0.2, 0) is 6.42 Å². The van der Waals surface area contributed by atoms with E-state index < -0.39 is 6.10 Å². The Balaban J connectivity index is 3.11. The molecule has 1 aromatic rings. The molecule has 0 amide bonds. The van der Waals surface area contributed by atoms with E-state index in [0.29, 0.717) is 22.5 Å². The van der Waals surface area contributed by atoms with Crippen molar-refractivity contribution in [3.63, 3.8) is 0 Å². The number of nitrogens with zero attached hydrogens (tertiary/aromatic N) is 1. The van der Waals surface area contributed by atoms with Gasteiger partial charge in [-0.2, -0.15) is 5.26 Å². The lowest BCUT2D eigenvalue weighted by molar-refractivity contribution is 0.0956. The van der Waals surface area contributed by atoms with Crippen LogP contribution in [0.25, 0.3) is 0 Å². The molecule has 0 aliphatic heterocycles. The van der Waals surface area contributed by atoms with E-state index in [1.807, 2.05) is 6.07 Å². The highest BCUT2D eigenvalue weighted by atomic mass is 16.3. The van der Waals surface area contributed by atoms with E-state index in [2.05, 4.69) is 0 Å². The zero-order valence-corrected chi connectivity index (χ0v) is 8.14. The van der Waals surface area contributed by atoms with Crippen LogP contribution in [0.3, 0.4) is 0 Å². The van der Waals surface area contributed by atoms with Crippen LogP contribution >= 0.6 is 0 Å². The Morgan fingerprint density at radius 2 is 2.07 bits per heavy atom. The molecule has 5 nitrogen and oxygen atoms in total. The van der Waals surface area contributed by atoms with E-state index >= 15 is 0 Å². The minimum absolute atomic E-state index is 0.144. The zero-order chi connectivity index (χ0) is 11.4. The maximum atomic E-state index is 9.28. The molecule has 1 aromatic carbocycles. The third kappa shape index (κ3) is 2.59. The Morgan fingerprint density at radius 3 is 2.60 bits per heavy atom. The molecule has 80 valence electrons. The number of aliphatic hydroxyl groups excluding tert-OH is 2. The SMILES string of the molecule is N#Cc1cc(N)cc(N)c1CC(O)CO. The third-order valence-electron chi connectivity index (χ3n) is 2.08. The van der Waals surface area contributed by atoms with Crippen LogP contribution in [0, 0.1) is 11.3 Å². The van der Waals surface area contributed by atoms with Gasteiger partial charge in [0.25, 0.3) is 0 Å². The van der Waals surface area contributed by atoms with E-state index in [1.54, 1.807) is 0 Å². The normalized spacial score (nSPS) is 12.1. The number of hydrogen-bond donors (Lipinski definition) is 4. The molecule has 0 saturated carbocycles. The first kappa shape index (κ1) is 11.3. The fourth-order valence-corrected chi connectivity index (χ4v) is 1.35. The van der Waals surface area contributed by atoms with E-state index in [9.17, 15) is 5.11 Å². The second-order valence-corrected chi connectivity index (χ2v) is 3.29. The topological polar surface area (TPSA) is 116 Å². The summed E-state index contributed by atoms with van der Waals surface area (Å²) in [4.78, 5) is 0. The second-order valence-electron chi connectivity index (χ2n) is 3.29. The number of nitrogens with two attached hydrogens (primary N) is 2. The van der Waals surface area contributed by atoms with Gasteiger partial charge in [0.05, 0.1) is 24.3 Å². The summed E-state index contributed by atoms with van der Waals surface area (Å²) in [5.74, 6) is 0. The predicted octanol–water partition coefficient (Wildman–Crippen LogP) is -0.382. The van der Waals surface area contributed by atoms with Crippen LogP contribution in [0.1, 0.15) is 11.1 Å². The molecule has 1 atom stereocenters. The summed E-state index contributed by atoms with van der Waals surface area (Å²) in [6.07, 6.45) is -0.770. The molecule has 0 spiro atoms. The number of aliphatic hydroxyl groups is 2. The fourth-order valence-electron chi connectivity index (χ4n) is 1.35. The maximum absolute atomic E-state index is 9.28. The van der Waals surface area contributed by atoms with Crippen molar-refractivity contribution in [3.05, 3.63) is 23.3 Å². The number of hydrogen-bond acceptors (Lipinski definition) is 5. The predicted molar refractivity (Wildman–Crippen MR) is 56.8 cm³/mol. The first-order valence-electron chi connectivity index (χ1n) is 4.45. The first-order valence-corrected chi connectivity index (χ1v) is 4.45. The molecule has 0 fully saturated rings. The van der Waals surface area contributed by atoms with Crippen LogP contribution in [0.15, 0.2) is 12.1 Å². The summed E-state index contributed by atoms with van der Waals surface area (Å²) < 4.78 is 0. The van der Waals surface area contributed by atoms with Crippen LogP contribution in [-0.4, -0.2) is 22.9 Å². The minimum atomic E-state index is -0.914. The number of rotatable bonds is 3. The molecular formula is C10H13N3O2. The van der Waals surface area contributed by atoms with E-state index in [0.717, 1.165) is 0 Å². The molecule has 6 N–H and O–H groups in total. The number of benzene rings is 1. The number of anilines is 2. The Bertz CT molecular complexity index is 398. The Hall–Kier alpha value is -1.77. The fraction of sp³-hybridized carbons (Fsp3) is 0.300. The summed E-state index contributed by atoms with van der Waals surface area (Å²) in [5, 5.41) is 26.8. The summed E-state index contributed by atoms with van der Waals surface area (Å²) >= 11 is 0. The third-order valence-corrected chi connectivity index (χ3v) is 2.08. The average Bonchev–Trinajstić information content (AvgIpc) is 2.21. The highest BCUT2D eigenvalue weighted by Gasteiger charge is 2.12. The van der Waals surface area contributed by atoms with Crippen molar-refractivity contribution in [2.45, 2.75) is 12.5 Å². The quantitative estimate of drug-likeness (QED) is 0.504. The number of nitriles is 1. The van der Waals surface area contributed by atoms with Gasteiger partial charge >= 0.3 is 0 Å². The van der Waals surface area contributed by atoms with Gasteiger partial charge < -0.3 is 21.7 Å². The van der Waals surface area contributed by atoms with Crippen molar-refractivity contribution in [1.29, 1.82) is 5.26 Å². The molecule has 15 heavy (non-hydrogen) atoms. The van der Waals surface area contributed by atoms with Crippen molar-refractivity contribution in [2.75, 3.05) is 18.1 Å². The standard InChI is InChI=1S/C10H13N3O2/c11-4-6-1-7(12)2-10(13)9(6)3-8(15)5-14/h1-2,8,14-15H,3,5,12-13H2. The van der Waals surface area contributed by atoms with Gasteiger partial charge in [0, 0.05) is 17.8 Å². The Labute approximate surface area is 87.6 Å². The lowest BCUT2D eigenvalue weighted by atomic mass is 9.99. The number of nitrogen functional groups attached to an aromatic ring is 2. The molecule has 0 aliphatic carbocycles. The molecule has 0 bridgehead atoms. The molecule has 5 heteroatoms. The van der Waals surface area contributed by atoms with Gasteiger partial charge in [0.1, 0.15) is 0 Å². The average molecular weight is 207 g/mol. The molecule has 1 unspecified atom stereocenters. The van der Waals surface area contributed by atoms with Gasteiger partial charge in [-0.15, -0.1) is 0 Å². The van der Waals surface area contributed by atoms with Crippen LogP contribution in [0.5, 0.6) is 0 Å². The van der Waals surface area contributed by atoms with Crippen molar-refractivity contribution >= 4 is 11.4 Å². The van der Waals surface area contributed by atoms with Crippen LogP contribution in [0.4, 0.5) is 11.4 Å². The summed E-state index contributed by atoms with van der Waals surface area (Å²) in [6, 6.07) is 4.98. The van der Waals surface area contributed by atoms with Gasteiger partial charge in [-0.05, 0) is 17.7 Å². The summed E-state index contributed by atoms with van der Waals surface area (Å²) in [7, 11) is 0. The Kier molecular flexibility index (Phi) is 3.50. The van der Waals surface area contributed by atoms with Gasteiger partial charge in [-0.1, -0.05) is 0 Å². The van der Waals surface area contributed by atoms with E-state index in [4.69, 9.17) is 21.8 Å². The molecule has 0 radical (unpaired) electrons. The van der Waals surface area contributed by atoms with E-state index in [1.165, 1.54) is 12.1 Å². The first-order chi connectivity index (χ1) is 7.08. The highest BCUT2D eigenvalue weighted by Crippen LogP contribution is 2.22. The Morgan fingerprint density at radius 1 is 1.40 bits per heavy atom. The molecule has 0 saturated heterocycles. The molecule has 0 aromatic heterocycles. The van der Waals surface area contributed by atoms with Crippen LogP contribution in [0.2, 0.25) is 0 Å². The van der Waals surface area contributed by atoms with Crippen molar-refractivity contribution in [3.8, 4) is 6.07 Å². The molecule has 0 heterocycles. The van der Waals surface area contributed by atoms with E-state index in [-0.39, 0.29) is 13.0 Å². The maximum Gasteiger partial charge on any atom is 0.0996 e.